The fourth-order valence-corrected chi connectivity index (χ4v) is 1.72. The molecule has 2 aromatic heterocycles. The molecule has 0 amide bonds. The Balaban J connectivity index is 0. The van der Waals surface area contributed by atoms with Crippen LogP contribution in [0.2, 0.25) is 0 Å². The van der Waals surface area contributed by atoms with Gasteiger partial charge in [0.15, 0.2) is 0 Å². The van der Waals surface area contributed by atoms with Crippen molar-refractivity contribution in [2.75, 3.05) is 0 Å². The molecule has 0 atom stereocenters. The molecule has 3 rings (SSSR count). The van der Waals surface area contributed by atoms with Crippen LogP contribution >= 0.6 is 0 Å². The molecule has 22 heavy (non-hydrogen) atoms. The quantitative estimate of drug-likeness (QED) is 0.525. The maximum atomic E-state index is 5.75. The van der Waals surface area contributed by atoms with Gasteiger partial charge < -0.3 is 9.61 Å². The smallest absolute Gasteiger partial charge is 0.0194 e. The summed E-state index contributed by atoms with van der Waals surface area (Å²) in [5.41, 5.74) is 3.63. The molecule has 2 heterocycles. The van der Waals surface area contributed by atoms with Crippen LogP contribution in [0.1, 0.15) is 40.7 Å². The molecule has 0 unspecified atom stereocenters. The zero-order chi connectivity index (χ0) is 16.8. The summed E-state index contributed by atoms with van der Waals surface area (Å²) in [4.78, 5) is 0. The van der Waals surface area contributed by atoms with Crippen molar-refractivity contribution >= 4 is 5.52 Å². The average Bonchev–Trinajstić information content (AvgIpc) is 3.01. The fourth-order valence-electron chi connectivity index (χ4n) is 1.72. The van der Waals surface area contributed by atoms with Crippen molar-refractivity contribution in [1.82, 2.24) is 9.61 Å². The van der Waals surface area contributed by atoms with E-state index in [-0.39, 0.29) is 32.7 Å². The normalized spacial score (nSPS) is 8.68. The molecule has 117 valence electrons. The standard InChI is InChI=1S/C8H7N2.C8H10.C2H6.CH4.Y/c1-7-6-9-10-5-3-2-4-8(7)10;1-2-8-6-4-3-5-7-8;1-2;;/h2-5H,1H3;3-7H,2H2,1H3;1-2H3;1H4;/q-1;;;;/i;;;1T;. The van der Waals surface area contributed by atoms with E-state index < -0.39 is 0 Å². The molecule has 0 aliphatic rings. The van der Waals surface area contributed by atoms with Gasteiger partial charge in [0.1, 0.15) is 0 Å². The van der Waals surface area contributed by atoms with E-state index in [1.807, 2.05) is 55.7 Å². The van der Waals surface area contributed by atoms with Gasteiger partial charge >= 0.3 is 0 Å². The second-order valence-electron chi connectivity index (χ2n) is 4.11. The van der Waals surface area contributed by atoms with Crippen molar-refractivity contribution in [2.24, 2.45) is 0 Å². The third kappa shape index (κ3) is 7.33. The number of aryl methyl sites for hydroxylation is 2. The van der Waals surface area contributed by atoms with E-state index in [4.69, 9.17) is 1.37 Å². The largest absolute Gasteiger partial charge is 0.338 e. The number of hydrogen-bond donors (Lipinski definition) is 0. The first-order chi connectivity index (χ1) is 10.8. The number of pyridine rings is 1. The van der Waals surface area contributed by atoms with Crippen molar-refractivity contribution in [1.29, 1.82) is 0 Å². The van der Waals surface area contributed by atoms with Gasteiger partial charge in [-0.3, -0.25) is 0 Å². The average molecular weight is 374 g/mol. The molecular weight excluding hydrogens is 345 g/mol. The minimum absolute atomic E-state index is 0. The first-order valence-corrected chi connectivity index (χ1v) is 7.17. The molecule has 0 saturated carbocycles. The Kier molecular flexibility index (Phi) is 13.0. The van der Waals surface area contributed by atoms with Gasteiger partial charge in [0.25, 0.3) is 0 Å². The zero-order valence-electron chi connectivity index (χ0n) is 15.4. The molecule has 0 N–H and O–H groups in total. The van der Waals surface area contributed by atoms with Crippen molar-refractivity contribution in [2.45, 2.75) is 41.5 Å². The SMILES string of the molecule is CC.CCc1ccccc1.Cc1[c-]nn2ccccc12.[3H]C.[Y]. The molecule has 0 bridgehead atoms. The van der Waals surface area contributed by atoms with Crippen LogP contribution in [0.25, 0.3) is 5.52 Å². The van der Waals surface area contributed by atoms with Crippen LogP contribution in [0.5, 0.6) is 0 Å². The summed E-state index contributed by atoms with van der Waals surface area (Å²) < 4.78 is 7.56. The van der Waals surface area contributed by atoms with Gasteiger partial charge in [-0.1, -0.05) is 77.0 Å². The van der Waals surface area contributed by atoms with Gasteiger partial charge in [-0.2, -0.15) is 5.56 Å². The second-order valence-corrected chi connectivity index (χ2v) is 4.11. The van der Waals surface area contributed by atoms with E-state index in [0.29, 0.717) is 0 Å². The maximum absolute atomic E-state index is 5.75. The molecule has 0 fully saturated rings. The number of hydrogen-bond acceptors (Lipinski definition) is 1. The van der Waals surface area contributed by atoms with Gasteiger partial charge in [0, 0.05) is 40.3 Å². The molecule has 0 spiro atoms. The van der Waals surface area contributed by atoms with Crippen LogP contribution in [0, 0.1) is 13.1 Å². The Hall–Kier alpha value is -0.986. The number of rotatable bonds is 1. The summed E-state index contributed by atoms with van der Waals surface area (Å²) in [5, 5.41) is 4.01. The summed E-state index contributed by atoms with van der Waals surface area (Å²) >= 11 is 0. The van der Waals surface area contributed by atoms with E-state index in [9.17, 15) is 0 Å². The van der Waals surface area contributed by atoms with Gasteiger partial charge in [-0.15, -0.1) is 12.3 Å². The number of aromatic nitrogens is 2. The number of benzene rings is 1. The fraction of sp³-hybridized carbons (Fsp3) is 0.316. The summed E-state index contributed by atoms with van der Waals surface area (Å²) in [6.45, 7) is 8.16. The van der Waals surface area contributed by atoms with Crippen molar-refractivity contribution in [3.05, 3.63) is 72.1 Å². The molecule has 0 aliphatic heterocycles. The molecular formula is C19H27N2Y-. The first kappa shape index (κ1) is 21.0. The molecule has 1 aromatic carbocycles. The van der Waals surface area contributed by atoms with Crippen molar-refractivity contribution < 1.29 is 34.1 Å². The van der Waals surface area contributed by atoms with Crippen molar-refractivity contribution in [3.63, 3.8) is 0 Å². The Morgan fingerprint density at radius 1 is 1.09 bits per heavy atom. The molecule has 0 aliphatic carbocycles. The van der Waals surface area contributed by atoms with Crippen LogP contribution in [0.15, 0.2) is 54.7 Å². The van der Waals surface area contributed by atoms with E-state index in [2.05, 4.69) is 42.5 Å². The monoisotopic (exact) mass is 374 g/mol. The number of nitrogens with zero attached hydrogens (tertiary/aromatic N) is 2. The predicted molar refractivity (Wildman–Crippen MR) is 92.7 cm³/mol. The van der Waals surface area contributed by atoms with E-state index >= 15 is 0 Å². The molecule has 2 nitrogen and oxygen atoms in total. The van der Waals surface area contributed by atoms with E-state index in [0.717, 1.165) is 17.5 Å². The molecule has 0 saturated heterocycles. The zero-order valence-corrected chi connectivity index (χ0v) is 17.2. The Morgan fingerprint density at radius 3 is 2.18 bits per heavy atom. The Labute approximate surface area is 162 Å². The molecule has 3 heteroatoms. The van der Waals surface area contributed by atoms with Gasteiger partial charge in [0.05, 0.1) is 0 Å². The van der Waals surface area contributed by atoms with Gasteiger partial charge in [0.2, 0.25) is 0 Å². The van der Waals surface area contributed by atoms with Crippen LogP contribution in [0.4, 0.5) is 0 Å². The van der Waals surface area contributed by atoms with Gasteiger partial charge in [-0.25, -0.2) is 0 Å². The summed E-state index contributed by atoms with van der Waals surface area (Å²) in [7, 11) is 1.25. The summed E-state index contributed by atoms with van der Waals surface area (Å²) in [6.07, 6.45) is 5.94. The van der Waals surface area contributed by atoms with E-state index in [1.54, 1.807) is 0 Å². The third-order valence-electron chi connectivity index (χ3n) is 2.80. The minimum atomic E-state index is 0. The van der Waals surface area contributed by atoms with Crippen LogP contribution in [-0.2, 0) is 39.1 Å². The summed E-state index contributed by atoms with van der Waals surface area (Å²) in [5.74, 6) is 0. The van der Waals surface area contributed by atoms with Crippen LogP contribution < -0.4 is 0 Å². The van der Waals surface area contributed by atoms with Crippen LogP contribution in [0.3, 0.4) is 0 Å². The van der Waals surface area contributed by atoms with Crippen molar-refractivity contribution in [3.8, 4) is 0 Å². The minimum Gasteiger partial charge on any atom is -0.338 e. The topological polar surface area (TPSA) is 17.3 Å². The Bertz CT molecular complexity index is 609. The second kappa shape index (κ2) is 13.7. The first-order valence-electron chi connectivity index (χ1n) is 8.17. The summed E-state index contributed by atoms with van der Waals surface area (Å²) in [6, 6.07) is 16.4. The van der Waals surface area contributed by atoms with Gasteiger partial charge in [-0.05, 0) is 18.1 Å². The predicted octanol–water partition coefficient (Wildman–Crippen LogP) is 5.35. The van der Waals surface area contributed by atoms with E-state index in [1.165, 1.54) is 13.0 Å². The molecule has 1 radical (unpaired) electrons. The number of fused-ring (bicyclic) bond motifs is 1. The molecule has 3 aromatic rings. The van der Waals surface area contributed by atoms with Crippen LogP contribution in [-0.4, -0.2) is 9.61 Å². The third-order valence-corrected chi connectivity index (χ3v) is 2.80. The maximum Gasteiger partial charge on any atom is 0.0194 e. The Morgan fingerprint density at radius 2 is 1.68 bits per heavy atom.